The minimum absolute atomic E-state index is 0.0778. The van der Waals surface area contributed by atoms with Gasteiger partial charge in [-0.25, -0.2) is 14.8 Å². The molecule has 0 saturated carbocycles. The summed E-state index contributed by atoms with van der Waals surface area (Å²) in [6.45, 7) is 1.15. The predicted octanol–water partition coefficient (Wildman–Crippen LogP) is 1.19. The predicted molar refractivity (Wildman–Crippen MR) is 81.0 cm³/mol. The first-order valence-electron chi connectivity index (χ1n) is 7.46. The molecule has 4 heterocycles. The van der Waals surface area contributed by atoms with Gasteiger partial charge in [-0.3, -0.25) is 9.36 Å². The number of carbonyl (C=O) groups is 1. The molecule has 0 aromatic carbocycles. The molecule has 4 rings (SSSR count). The first-order valence-corrected chi connectivity index (χ1v) is 7.46. The van der Waals surface area contributed by atoms with Crippen LogP contribution in [0, 0.1) is 0 Å². The lowest BCUT2D eigenvalue weighted by molar-refractivity contribution is 0.0678. The molecule has 1 unspecified atom stereocenters. The Morgan fingerprint density at radius 3 is 3.17 bits per heavy atom. The van der Waals surface area contributed by atoms with Gasteiger partial charge in [-0.05, 0) is 18.9 Å². The van der Waals surface area contributed by atoms with Crippen molar-refractivity contribution in [3.05, 3.63) is 47.2 Å². The number of aromatic amines is 1. The van der Waals surface area contributed by atoms with Crippen LogP contribution in [-0.4, -0.2) is 43.4 Å². The molecule has 1 atom stereocenters. The topological polar surface area (TPSA) is 97.0 Å². The van der Waals surface area contributed by atoms with Crippen LogP contribution in [0.25, 0.3) is 11.2 Å². The standard InChI is InChI=1S/C15H15N5O3/c21-14(10-3-5-23-8-10)19-4-1-2-11(7-19)20-13-12(18-15(20)22)6-16-9-17-13/h3,5-6,8-9,11H,1-2,4,7H2,(H,18,22). The van der Waals surface area contributed by atoms with Gasteiger partial charge in [0, 0.05) is 13.1 Å². The first kappa shape index (κ1) is 13.7. The fourth-order valence-corrected chi connectivity index (χ4v) is 3.13. The number of nitrogens with one attached hydrogen (secondary N) is 1. The summed E-state index contributed by atoms with van der Waals surface area (Å²) in [7, 11) is 0. The summed E-state index contributed by atoms with van der Waals surface area (Å²) in [5.74, 6) is -0.0778. The highest BCUT2D eigenvalue weighted by molar-refractivity contribution is 5.93. The van der Waals surface area contributed by atoms with Crippen LogP contribution in [0.4, 0.5) is 0 Å². The molecular formula is C15H15N5O3. The number of likely N-dealkylation sites (tertiary alicyclic amines) is 1. The van der Waals surface area contributed by atoms with Crippen molar-refractivity contribution in [1.82, 2.24) is 24.4 Å². The Kier molecular flexibility index (Phi) is 3.22. The van der Waals surface area contributed by atoms with E-state index in [-0.39, 0.29) is 17.6 Å². The Hall–Kier alpha value is -2.90. The second-order valence-corrected chi connectivity index (χ2v) is 5.62. The number of imidazole rings is 1. The van der Waals surface area contributed by atoms with Crippen molar-refractivity contribution < 1.29 is 9.21 Å². The van der Waals surface area contributed by atoms with E-state index in [9.17, 15) is 9.59 Å². The molecule has 1 saturated heterocycles. The average molecular weight is 313 g/mol. The van der Waals surface area contributed by atoms with Gasteiger partial charge in [-0.1, -0.05) is 0 Å². The Balaban J connectivity index is 1.65. The summed E-state index contributed by atoms with van der Waals surface area (Å²) < 4.78 is 6.61. The second kappa shape index (κ2) is 5.38. The molecule has 0 aliphatic carbocycles. The molecule has 0 bridgehead atoms. The quantitative estimate of drug-likeness (QED) is 0.766. The maximum atomic E-state index is 12.5. The van der Waals surface area contributed by atoms with E-state index in [0.717, 1.165) is 12.8 Å². The van der Waals surface area contributed by atoms with Crippen LogP contribution in [0.5, 0.6) is 0 Å². The van der Waals surface area contributed by atoms with Gasteiger partial charge in [-0.15, -0.1) is 0 Å². The Labute approximate surface area is 130 Å². The van der Waals surface area contributed by atoms with Gasteiger partial charge in [-0.2, -0.15) is 0 Å². The zero-order chi connectivity index (χ0) is 15.8. The highest BCUT2D eigenvalue weighted by Gasteiger charge is 2.28. The first-order chi connectivity index (χ1) is 11.2. The summed E-state index contributed by atoms with van der Waals surface area (Å²) in [6, 6.07) is 1.55. The van der Waals surface area contributed by atoms with Crippen LogP contribution in [0.1, 0.15) is 29.2 Å². The third-order valence-corrected chi connectivity index (χ3v) is 4.20. The van der Waals surface area contributed by atoms with E-state index >= 15 is 0 Å². The molecule has 118 valence electrons. The van der Waals surface area contributed by atoms with Crippen LogP contribution in [-0.2, 0) is 0 Å². The maximum absolute atomic E-state index is 12.5. The molecule has 1 aliphatic heterocycles. The molecule has 8 heteroatoms. The van der Waals surface area contributed by atoms with E-state index in [4.69, 9.17) is 4.42 Å². The highest BCUT2D eigenvalue weighted by Crippen LogP contribution is 2.24. The van der Waals surface area contributed by atoms with Gasteiger partial charge in [0.1, 0.15) is 18.1 Å². The number of fused-ring (bicyclic) bond motifs is 1. The third-order valence-electron chi connectivity index (χ3n) is 4.20. The Bertz CT molecular complexity index is 895. The number of nitrogens with zero attached hydrogens (tertiary/aromatic N) is 4. The van der Waals surface area contributed by atoms with E-state index in [2.05, 4.69) is 15.0 Å². The van der Waals surface area contributed by atoms with Gasteiger partial charge in [0.05, 0.1) is 24.1 Å². The fraction of sp³-hybridized carbons (Fsp3) is 0.333. The molecule has 3 aromatic rings. The molecule has 0 radical (unpaired) electrons. The van der Waals surface area contributed by atoms with E-state index in [1.807, 2.05) is 0 Å². The van der Waals surface area contributed by atoms with Crippen LogP contribution >= 0.6 is 0 Å². The lowest BCUT2D eigenvalue weighted by atomic mass is 10.0. The number of H-pyrrole nitrogens is 1. The van der Waals surface area contributed by atoms with Crippen molar-refractivity contribution in [3.8, 4) is 0 Å². The summed E-state index contributed by atoms with van der Waals surface area (Å²) in [6.07, 6.45) is 7.58. The number of piperidine rings is 1. The number of amides is 1. The monoisotopic (exact) mass is 313 g/mol. The largest absolute Gasteiger partial charge is 0.472 e. The minimum atomic E-state index is -0.219. The zero-order valence-corrected chi connectivity index (χ0v) is 12.3. The molecule has 1 N–H and O–H groups in total. The molecule has 1 fully saturated rings. The molecule has 23 heavy (non-hydrogen) atoms. The number of hydrogen-bond acceptors (Lipinski definition) is 5. The maximum Gasteiger partial charge on any atom is 0.328 e. The lowest BCUT2D eigenvalue weighted by Crippen LogP contribution is -2.42. The van der Waals surface area contributed by atoms with Crippen molar-refractivity contribution in [1.29, 1.82) is 0 Å². The number of furan rings is 1. The summed E-state index contributed by atoms with van der Waals surface area (Å²) >= 11 is 0. The summed E-state index contributed by atoms with van der Waals surface area (Å²) in [5, 5.41) is 0. The van der Waals surface area contributed by atoms with Crippen molar-refractivity contribution in [2.24, 2.45) is 0 Å². The molecule has 0 spiro atoms. The van der Waals surface area contributed by atoms with Crippen molar-refractivity contribution in [3.63, 3.8) is 0 Å². The van der Waals surface area contributed by atoms with Gasteiger partial charge in [0.25, 0.3) is 5.91 Å². The SMILES string of the molecule is O=C(c1ccoc1)N1CCCC(n2c(=O)[nH]c3cncnc32)C1. The summed E-state index contributed by atoms with van der Waals surface area (Å²) in [5.41, 5.74) is 1.49. The van der Waals surface area contributed by atoms with Gasteiger partial charge in [0.2, 0.25) is 0 Å². The zero-order valence-electron chi connectivity index (χ0n) is 12.3. The molecule has 8 nitrogen and oxygen atoms in total. The molecule has 1 amide bonds. The molecule has 3 aromatic heterocycles. The van der Waals surface area contributed by atoms with E-state index < -0.39 is 0 Å². The van der Waals surface area contributed by atoms with Gasteiger partial charge >= 0.3 is 5.69 Å². The van der Waals surface area contributed by atoms with Crippen LogP contribution in [0.15, 0.2) is 40.3 Å². The van der Waals surface area contributed by atoms with Crippen LogP contribution in [0.2, 0.25) is 0 Å². The smallest absolute Gasteiger partial charge is 0.328 e. The second-order valence-electron chi connectivity index (χ2n) is 5.62. The third kappa shape index (κ3) is 2.32. The van der Waals surface area contributed by atoms with Crippen LogP contribution in [0.3, 0.4) is 0 Å². The number of rotatable bonds is 2. The normalized spacial score (nSPS) is 18.4. The Morgan fingerprint density at radius 1 is 1.43 bits per heavy atom. The minimum Gasteiger partial charge on any atom is -0.472 e. The van der Waals surface area contributed by atoms with Crippen molar-refractivity contribution >= 4 is 17.1 Å². The molecule has 1 aliphatic rings. The highest BCUT2D eigenvalue weighted by atomic mass is 16.3. The summed E-state index contributed by atoms with van der Waals surface area (Å²) in [4.78, 5) is 37.4. The van der Waals surface area contributed by atoms with Crippen LogP contribution < -0.4 is 5.69 Å². The number of hydrogen-bond donors (Lipinski definition) is 1. The fourth-order valence-electron chi connectivity index (χ4n) is 3.13. The van der Waals surface area contributed by atoms with Gasteiger partial charge in [0.15, 0.2) is 5.65 Å². The molecular weight excluding hydrogens is 298 g/mol. The lowest BCUT2D eigenvalue weighted by Gasteiger charge is -2.32. The number of aromatic nitrogens is 4. The van der Waals surface area contributed by atoms with Gasteiger partial charge < -0.3 is 14.3 Å². The van der Waals surface area contributed by atoms with E-state index in [0.29, 0.717) is 29.8 Å². The van der Waals surface area contributed by atoms with Crippen molar-refractivity contribution in [2.75, 3.05) is 13.1 Å². The van der Waals surface area contributed by atoms with E-state index in [1.54, 1.807) is 21.7 Å². The average Bonchev–Trinajstić information content (AvgIpc) is 3.21. The van der Waals surface area contributed by atoms with E-state index in [1.165, 1.54) is 18.9 Å². The van der Waals surface area contributed by atoms with Crippen molar-refractivity contribution in [2.45, 2.75) is 18.9 Å². The number of carbonyl (C=O) groups excluding carboxylic acids is 1. The Morgan fingerprint density at radius 2 is 2.35 bits per heavy atom.